The number of hydrogen-bond donors (Lipinski definition) is 0. The van der Waals surface area contributed by atoms with Crippen molar-refractivity contribution in [2.75, 3.05) is 13.6 Å². The number of rotatable bonds is 1. The van der Waals surface area contributed by atoms with E-state index in [9.17, 15) is 18.0 Å². The van der Waals surface area contributed by atoms with Crippen LogP contribution in [0.5, 0.6) is 0 Å². The molecule has 1 amide bonds. The molecule has 2 atom stereocenters. The van der Waals surface area contributed by atoms with E-state index in [0.717, 1.165) is 12.8 Å². The average Bonchev–Trinajstić information content (AvgIpc) is 2.71. The van der Waals surface area contributed by atoms with E-state index in [1.165, 1.54) is 0 Å². The van der Waals surface area contributed by atoms with Crippen LogP contribution in [-0.4, -0.2) is 42.4 Å². The van der Waals surface area contributed by atoms with Crippen molar-refractivity contribution in [3.63, 3.8) is 0 Å². The fourth-order valence-electron chi connectivity index (χ4n) is 2.35. The van der Waals surface area contributed by atoms with Gasteiger partial charge in [0.15, 0.2) is 5.71 Å². The van der Waals surface area contributed by atoms with Gasteiger partial charge in [0.2, 0.25) is 5.91 Å². The number of nitrogens with zero attached hydrogens (tertiary/aromatic N) is 2. The first-order valence-electron chi connectivity index (χ1n) is 5.94. The Labute approximate surface area is 103 Å². The van der Waals surface area contributed by atoms with Gasteiger partial charge in [-0.05, 0) is 12.8 Å². The smallest absolute Gasteiger partial charge is 0.391 e. The Bertz CT molecular complexity index is 368. The summed E-state index contributed by atoms with van der Waals surface area (Å²) in [6.07, 6.45) is -3.30. The van der Waals surface area contributed by atoms with Gasteiger partial charge in [0, 0.05) is 20.0 Å². The minimum absolute atomic E-state index is 0.142. The highest BCUT2D eigenvalue weighted by molar-refractivity contribution is 5.91. The summed E-state index contributed by atoms with van der Waals surface area (Å²) in [6.45, 7) is 0.648. The minimum atomic E-state index is -4.46. The SMILES string of the molecule is CN1CCCCC(C2CC(C(F)(F)F)=NO2)C1=O. The number of amides is 1. The average molecular weight is 264 g/mol. The number of halogens is 3. The molecule has 2 heterocycles. The van der Waals surface area contributed by atoms with Crippen LogP contribution < -0.4 is 0 Å². The Morgan fingerprint density at radius 1 is 1.39 bits per heavy atom. The zero-order chi connectivity index (χ0) is 13.3. The summed E-state index contributed by atoms with van der Waals surface area (Å²) in [4.78, 5) is 18.4. The maximum atomic E-state index is 12.4. The normalized spacial score (nSPS) is 29.9. The lowest BCUT2D eigenvalue weighted by Crippen LogP contribution is -2.38. The molecule has 0 aromatic heterocycles. The number of carbonyl (C=O) groups is 1. The zero-order valence-corrected chi connectivity index (χ0v) is 10.0. The van der Waals surface area contributed by atoms with Gasteiger partial charge in [-0.25, -0.2) is 0 Å². The summed E-state index contributed by atoms with van der Waals surface area (Å²) in [5.41, 5.74) is -0.924. The van der Waals surface area contributed by atoms with Gasteiger partial charge < -0.3 is 9.74 Å². The predicted molar refractivity (Wildman–Crippen MR) is 58.0 cm³/mol. The van der Waals surface area contributed by atoms with Crippen LogP contribution in [0.2, 0.25) is 0 Å². The van der Waals surface area contributed by atoms with Gasteiger partial charge in [0.25, 0.3) is 0 Å². The summed E-state index contributed by atoms with van der Waals surface area (Å²) >= 11 is 0. The molecule has 2 aliphatic rings. The Morgan fingerprint density at radius 2 is 2.11 bits per heavy atom. The van der Waals surface area contributed by atoms with E-state index >= 15 is 0 Å². The largest absolute Gasteiger partial charge is 0.432 e. The Kier molecular flexibility index (Phi) is 3.49. The maximum Gasteiger partial charge on any atom is 0.432 e. The zero-order valence-electron chi connectivity index (χ0n) is 10.0. The minimum Gasteiger partial charge on any atom is -0.391 e. The van der Waals surface area contributed by atoms with Crippen LogP contribution in [0.3, 0.4) is 0 Å². The molecular weight excluding hydrogens is 249 g/mol. The molecule has 4 nitrogen and oxygen atoms in total. The summed E-state index contributed by atoms with van der Waals surface area (Å²) in [5, 5.41) is 3.07. The molecule has 102 valence electrons. The van der Waals surface area contributed by atoms with Crippen molar-refractivity contribution < 1.29 is 22.8 Å². The fraction of sp³-hybridized carbons (Fsp3) is 0.818. The van der Waals surface area contributed by atoms with Crippen molar-refractivity contribution in [2.24, 2.45) is 11.1 Å². The quantitative estimate of drug-likeness (QED) is 0.726. The number of alkyl halides is 3. The van der Waals surface area contributed by atoms with E-state index in [0.29, 0.717) is 13.0 Å². The van der Waals surface area contributed by atoms with E-state index in [1.807, 2.05) is 0 Å². The molecule has 0 radical (unpaired) electrons. The van der Waals surface area contributed by atoms with Crippen molar-refractivity contribution in [1.82, 2.24) is 4.90 Å². The number of likely N-dealkylation sites (tertiary alicyclic amines) is 1. The van der Waals surface area contributed by atoms with Gasteiger partial charge >= 0.3 is 6.18 Å². The standard InChI is InChI=1S/C11H15F3N2O2/c1-16-5-3-2-4-7(10(16)17)8-6-9(15-18-8)11(12,13)14/h7-8H,2-6H2,1H3. The molecule has 0 N–H and O–H groups in total. The molecule has 7 heteroatoms. The van der Waals surface area contributed by atoms with E-state index in [2.05, 4.69) is 5.16 Å². The Balaban J connectivity index is 2.03. The van der Waals surface area contributed by atoms with Gasteiger partial charge in [0.05, 0.1) is 5.92 Å². The summed E-state index contributed by atoms with van der Waals surface area (Å²) in [5.74, 6) is -0.655. The topological polar surface area (TPSA) is 41.9 Å². The molecular formula is C11H15F3N2O2. The van der Waals surface area contributed by atoms with E-state index in [-0.39, 0.29) is 12.3 Å². The summed E-state index contributed by atoms with van der Waals surface area (Å²) in [6, 6.07) is 0. The molecule has 0 spiro atoms. The molecule has 2 unspecified atom stereocenters. The Morgan fingerprint density at radius 3 is 2.72 bits per heavy atom. The van der Waals surface area contributed by atoms with Gasteiger partial charge in [-0.15, -0.1) is 0 Å². The highest BCUT2D eigenvalue weighted by Crippen LogP contribution is 2.32. The van der Waals surface area contributed by atoms with Crippen LogP contribution in [0.25, 0.3) is 0 Å². The van der Waals surface area contributed by atoms with Crippen molar-refractivity contribution in [3.05, 3.63) is 0 Å². The Hall–Kier alpha value is -1.27. The van der Waals surface area contributed by atoms with E-state index in [4.69, 9.17) is 4.84 Å². The monoisotopic (exact) mass is 264 g/mol. The molecule has 0 saturated carbocycles. The molecule has 0 aliphatic carbocycles. The maximum absolute atomic E-state index is 12.4. The van der Waals surface area contributed by atoms with Crippen molar-refractivity contribution >= 4 is 11.6 Å². The van der Waals surface area contributed by atoms with Crippen molar-refractivity contribution in [2.45, 2.75) is 38.0 Å². The molecule has 2 aliphatic heterocycles. The third-order valence-corrected chi connectivity index (χ3v) is 3.42. The molecule has 18 heavy (non-hydrogen) atoms. The second kappa shape index (κ2) is 4.78. The second-order valence-electron chi connectivity index (χ2n) is 4.75. The van der Waals surface area contributed by atoms with Gasteiger partial charge in [0.1, 0.15) is 6.10 Å². The van der Waals surface area contributed by atoms with Crippen molar-refractivity contribution in [3.8, 4) is 0 Å². The molecule has 2 rings (SSSR count). The highest BCUT2D eigenvalue weighted by atomic mass is 19.4. The number of carbonyl (C=O) groups excluding carboxylic acids is 1. The number of hydrogen-bond acceptors (Lipinski definition) is 3. The lowest BCUT2D eigenvalue weighted by Gasteiger charge is -2.23. The third-order valence-electron chi connectivity index (χ3n) is 3.42. The van der Waals surface area contributed by atoms with E-state index in [1.54, 1.807) is 11.9 Å². The highest BCUT2D eigenvalue weighted by Gasteiger charge is 2.45. The van der Waals surface area contributed by atoms with Crippen molar-refractivity contribution in [1.29, 1.82) is 0 Å². The first-order chi connectivity index (χ1) is 8.39. The van der Waals surface area contributed by atoms with Crippen LogP contribution in [0.4, 0.5) is 13.2 Å². The number of oxime groups is 1. The predicted octanol–water partition coefficient (Wildman–Crippen LogP) is 1.95. The van der Waals surface area contributed by atoms with Gasteiger partial charge in [-0.3, -0.25) is 4.79 Å². The lowest BCUT2D eigenvalue weighted by atomic mass is 9.93. The van der Waals surface area contributed by atoms with Crippen LogP contribution in [0.15, 0.2) is 5.16 Å². The van der Waals surface area contributed by atoms with Crippen LogP contribution in [0.1, 0.15) is 25.7 Å². The van der Waals surface area contributed by atoms with E-state index < -0.39 is 23.9 Å². The summed E-state index contributed by atoms with van der Waals surface area (Å²) in [7, 11) is 1.67. The molecule has 0 aromatic carbocycles. The van der Waals surface area contributed by atoms with Gasteiger partial charge in [-0.2, -0.15) is 13.2 Å². The molecule has 0 bridgehead atoms. The third kappa shape index (κ3) is 2.59. The molecule has 1 saturated heterocycles. The molecule has 0 aromatic rings. The van der Waals surface area contributed by atoms with Crippen LogP contribution >= 0.6 is 0 Å². The van der Waals surface area contributed by atoms with Crippen LogP contribution in [0, 0.1) is 5.92 Å². The molecule has 1 fully saturated rings. The first-order valence-corrected chi connectivity index (χ1v) is 5.94. The first kappa shape index (κ1) is 13.2. The fourth-order valence-corrected chi connectivity index (χ4v) is 2.35. The summed E-state index contributed by atoms with van der Waals surface area (Å²) < 4.78 is 37.3. The van der Waals surface area contributed by atoms with Crippen LogP contribution in [-0.2, 0) is 9.63 Å². The van der Waals surface area contributed by atoms with Gasteiger partial charge in [-0.1, -0.05) is 11.6 Å². The second-order valence-corrected chi connectivity index (χ2v) is 4.75. The lowest BCUT2D eigenvalue weighted by molar-refractivity contribution is -0.138.